The summed E-state index contributed by atoms with van der Waals surface area (Å²) in [4.78, 5) is 2.55. The molecule has 3 heteroatoms. The van der Waals surface area contributed by atoms with E-state index in [1.54, 1.807) is 0 Å². The maximum Gasteiger partial charge on any atom is 1.00 e. The maximum atomic E-state index is 11.3. The Bertz CT molecular complexity index is 356. The molecule has 0 spiro atoms. The smallest absolute Gasteiger partial charge is 0.453 e. The van der Waals surface area contributed by atoms with Crippen molar-refractivity contribution in [1.29, 1.82) is 0 Å². The van der Waals surface area contributed by atoms with Crippen LogP contribution in [0.25, 0.3) is 0 Å². The van der Waals surface area contributed by atoms with Crippen LogP contribution in [-0.4, -0.2) is 28.7 Å². The molecule has 146 valence electrons. The fourth-order valence-electron chi connectivity index (χ4n) is 3.03. The van der Waals surface area contributed by atoms with Crippen LogP contribution in [0, 0.1) is 6.04 Å². The summed E-state index contributed by atoms with van der Waals surface area (Å²) in [5.74, 6) is 0. The van der Waals surface area contributed by atoms with Gasteiger partial charge in [0.15, 0.2) is 0 Å². The first kappa shape index (κ1) is 28.0. The van der Waals surface area contributed by atoms with E-state index in [9.17, 15) is 5.11 Å². The fraction of sp³-hybridized carbons (Fsp3) is 0.696. The number of allylic oxidation sites excluding steroid dienone is 3. The number of nitrogens with zero attached hydrogens (tertiary/aromatic N) is 1. The van der Waals surface area contributed by atoms with Crippen LogP contribution in [-0.2, 0) is 0 Å². The summed E-state index contributed by atoms with van der Waals surface area (Å²) in [6, 6.07) is 1.40. The molecule has 0 atom stereocenters. The van der Waals surface area contributed by atoms with E-state index in [1.165, 1.54) is 31.7 Å². The molecule has 1 N–H and O–H groups in total. The topological polar surface area (TPSA) is 23.5 Å². The molecule has 0 aromatic carbocycles. The molecular weight excluding hydrogens is 313 g/mol. The number of unbranched alkanes of at least 4 members (excludes halogenated alkanes) is 2. The van der Waals surface area contributed by atoms with Crippen LogP contribution in [0.4, 0.5) is 0 Å². The fourth-order valence-corrected chi connectivity index (χ4v) is 3.03. The van der Waals surface area contributed by atoms with Crippen LogP contribution < -0.4 is 18.9 Å². The third-order valence-electron chi connectivity index (χ3n) is 4.65. The molecule has 0 aliphatic rings. The molecule has 0 aromatic rings. The van der Waals surface area contributed by atoms with Gasteiger partial charge in [0.2, 0.25) is 0 Å². The van der Waals surface area contributed by atoms with E-state index in [4.69, 9.17) is 0 Å². The molecular formula is C23H42LiNO. The molecule has 0 aromatic heterocycles. The predicted molar refractivity (Wildman–Crippen MR) is 112 cm³/mol. The third kappa shape index (κ3) is 13.0. The largest absolute Gasteiger partial charge is 1.00 e. The van der Waals surface area contributed by atoms with Gasteiger partial charge in [0.05, 0.1) is 0 Å². The molecule has 0 fully saturated rings. The van der Waals surface area contributed by atoms with E-state index in [0.29, 0.717) is 12.8 Å². The van der Waals surface area contributed by atoms with Crippen molar-refractivity contribution in [3.63, 3.8) is 0 Å². The summed E-state index contributed by atoms with van der Waals surface area (Å²) in [7, 11) is 0. The second kappa shape index (κ2) is 18.1. The van der Waals surface area contributed by atoms with Gasteiger partial charge < -0.3 is 10.0 Å². The van der Waals surface area contributed by atoms with E-state index in [0.717, 1.165) is 32.4 Å². The molecule has 0 bridgehead atoms. The monoisotopic (exact) mass is 355 g/mol. The van der Waals surface area contributed by atoms with Crippen LogP contribution in [0.15, 0.2) is 37.0 Å². The molecule has 0 unspecified atom stereocenters. The number of hydrogen-bond donors (Lipinski definition) is 1. The van der Waals surface area contributed by atoms with Crippen molar-refractivity contribution in [2.24, 2.45) is 0 Å². The van der Waals surface area contributed by atoms with Crippen molar-refractivity contribution in [2.75, 3.05) is 13.1 Å². The summed E-state index contributed by atoms with van der Waals surface area (Å²) in [6.07, 6.45) is 19.3. The zero-order chi connectivity index (χ0) is 19.0. The summed E-state index contributed by atoms with van der Waals surface area (Å²) in [5, 5.41) is 11.3. The number of rotatable bonds is 16. The first-order valence-corrected chi connectivity index (χ1v) is 10.2. The molecule has 0 rings (SSSR count). The van der Waals surface area contributed by atoms with Gasteiger partial charge in [-0.05, 0) is 52.6 Å². The van der Waals surface area contributed by atoms with Crippen molar-refractivity contribution in [2.45, 2.75) is 91.1 Å². The van der Waals surface area contributed by atoms with E-state index in [1.807, 2.05) is 32.1 Å². The van der Waals surface area contributed by atoms with Gasteiger partial charge >= 0.3 is 18.9 Å². The molecule has 0 heterocycles. The Hall–Kier alpha value is -0.263. The second-order valence-electron chi connectivity index (χ2n) is 7.04. The van der Waals surface area contributed by atoms with Crippen LogP contribution in [0.1, 0.15) is 85.5 Å². The van der Waals surface area contributed by atoms with Crippen LogP contribution in [0.3, 0.4) is 0 Å². The first-order chi connectivity index (χ1) is 12.1. The number of aliphatic hydroxyl groups is 1. The van der Waals surface area contributed by atoms with E-state index in [-0.39, 0.29) is 18.9 Å². The molecule has 0 saturated carbocycles. The Labute approximate surface area is 176 Å². The minimum absolute atomic E-state index is 0. The minimum Gasteiger partial charge on any atom is -0.453 e. The summed E-state index contributed by atoms with van der Waals surface area (Å²) >= 11 is 0. The SMILES string of the molecule is C=CCC[C-](CC(O)(CC=CC)CC=CC)N(CCCC)CCCC.[Li+]. The zero-order valence-electron chi connectivity index (χ0n) is 18.3. The summed E-state index contributed by atoms with van der Waals surface area (Å²) < 4.78 is 0. The van der Waals surface area contributed by atoms with Crippen LogP contribution in [0.5, 0.6) is 0 Å². The Kier molecular flexibility index (Phi) is 19.5. The normalized spacial score (nSPS) is 14.3. The molecule has 0 aliphatic carbocycles. The van der Waals surface area contributed by atoms with E-state index in [2.05, 4.69) is 37.5 Å². The minimum atomic E-state index is -0.688. The Morgan fingerprint density at radius 1 is 1.00 bits per heavy atom. The van der Waals surface area contributed by atoms with Gasteiger partial charge in [-0.3, -0.25) is 0 Å². The van der Waals surface area contributed by atoms with Crippen LogP contribution >= 0.6 is 0 Å². The molecule has 0 saturated heterocycles. The van der Waals surface area contributed by atoms with Crippen molar-refractivity contribution in [3.8, 4) is 0 Å². The molecule has 0 radical (unpaired) electrons. The van der Waals surface area contributed by atoms with E-state index < -0.39 is 5.60 Å². The van der Waals surface area contributed by atoms with Gasteiger partial charge in [-0.25, -0.2) is 6.04 Å². The third-order valence-corrected chi connectivity index (χ3v) is 4.65. The van der Waals surface area contributed by atoms with E-state index >= 15 is 0 Å². The molecule has 0 amide bonds. The maximum absolute atomic E-state index is 11.3. The average Bonchev–Trinajstić information content (AvgIpc) is 2.62. The summed E-state index contributed by atoms with van der Waals surface area (Å²) in [5.41, 5.74) is -0.688. The molecule has 2 nitrogen and oxygen atoms in total. The van der Waals surface area contributed by atoms with Gasteiger partial charge in [-0.2, -0.15) is 6.42 Å². The summed E-state index contributed by atoms with van der Waals surface area (Å²) in [6.45, 7) is 14.6. The average molecular weight is 356 g/mol. The Morgan fingerprint density at radius 3 is 1.88 bits per heavy atom. The second-order valence-corrected chi connectivity index (χ2v) is 7.04. The standard InChI is InChI=1S/C23H42NO.Li/c1-6-11-16-22(24(19-14-9-4)20-15-10-5)21-23(25,17-12-7-2)18-13-8-3;/h6-8,12-13,25H,1,9-11,14-21H2,2-5H3;/q-1;+1. The van der Waals surface area contributed by atoms with Crippen molar-refractivity contribution >= 4 is 0 Å². The van der Waals surface area contributed by atoms with Crippen molar-refractivity contribution < 1.29 is 24.0 Å². The van der Waals surface area contributed by atoms with Gasteiger partial charge in [0.25, 0.3) is 0 Å². The van der Waals surface area contributed by atoms with Gasteiger partial charge in [0, 0.05) is 5.60 Å². The van der Waals surface area contributed by atoms with Crippen molar-refractivity contribution in [1.82, 2.24) is 4.90 Å². The number of hydrogen-bond acceptors (Lipinski definition) is 2. The van der Waals surface area contributed by atoms with Crippen LogP contribution in [0.2, 0.25) is 0 Å². The van der Waals surface area contributed by atoms with Gasteiger partial charge in [-0.15, -0.1) is 13.0 Å². The van der Waals surface area contributed by atoms with Gasteiger partial charge in [0.1, 0.15) is 0 Å². The van der Waals surface area contributed by atoms with Crippen molar-refractivity contribution in [3.05, 3.63) is 43.0 Å². The zero-order valence-corrected chi connectivity index (χ0v) is 18.3. The Morgan fingerprint density at radius 2 is 1.50 bits per heavy atom. The molecule has 26 heavy (non-hydrogen) atoms. The quantitative estimate of drug-likeness (QED) is 0.260. The Balaban J connectivity index is 0. The predicted octanol–water partition coefficient (Wildman–Crippen LogP) is 3.44. The van der Waals surface area contributed by atoms with Gasteiger partial charge in [-0.1, -0.05) is 63.5 Å². The first-order valence-electron chi connectivity index (χ1n) is 10.2. The molecule has 0 aliphatic heterocycles.